The van der Waals surface area contributed by atoms with Gasteiger partial charge in [-0.2, -0.15) is 0 Å². The molecule has 1 aromatic rings. The fourth-order valence-electron chi connectivity index (χ4n) is 1.26. The number of amides is 1. The van der Waals surface area contributed by atoms with E-state index in [0.717, 1.165) is 10.9 Å². The van der Waals surface area contributed by atoms with Crippen molar-refractivity contribution in [3.8, 4) is 0 Å². The van der Waals surface area contributed by atoms with E-state index < -0.39 is 6.04 Å². The lowest BCUT2D eigenvalue weighted by Gasteiger charge is -2.12. The third-order valence-electron chi connectivity index (χ3n) is 2.12. The summed E-state index contributed by atoms with van der Waals surface area (Å²) in [6.45, 7) is 1.99. The molecule has 5 heteroatoms. The van der Waals surface area contributed by atoms with Gasteiger partial charge in [-0.3, -0.25) is 4.79 Å². The van der Waals surface area contributed by atoms with Crippen LogP contribution in [-0.2, 0) is 4.79 Å². The van der Waals surface area contributed by atoms with Crippen molar-refractivity contribution < 1.29 is 4.79 Å². The minimum absolute atomic E-state index is 0.207. The smallest absolute Gasteiger partial charge is 0.241 e. The van der Waals surface area contributed by atoms with Crippen LogP contribution >= 0.6 is 27.5 Å². The van der Waals surface area contributed by atoms with E-state index in [1.165, 1.54) is 0 Å². The molecule has 0 unspecified atom stereocenters. The van der Waals surface area contributed by atoms with Gasteiger partial charge in [0.2, 0.25) is 5.91 Å². The van der Waals surface area contributed by atoms with Gasteiger partial charge < -0.3 is 11.1 Å². The molecular weight excluding hydrogens is 291 g/mol. The highest BCUT2D eigenvalue weighted by molar-refractivity contribution is 9.10. The zero-order valence-corrected chi connectivity index (χ0v) is 11.3. The lowest BCUT2D eigenvalue weighted by molar-refractivity contribution is -0.117. The van der Waals surface area contributed by atoms with E-state index in [1.807, 2.05) is 13.0 Å². The molecule has 0 radical (unpaired) electrons. The molecule has 3 nitrogen and oxygen atoms in total. The Labute approximate surface area is 108 Å². The molecule has 1 aromatic carbocycles. The summed E-state index contributed by atoms with van der Waals surface area (Å²) in [5.41, 5.74) is 6.27. The van der Waals surface area contributed by atoms with Crippen molar-refractivity contribution in [1.29, 1.82) is 0 Å². The average Bonchev–Trinajstić information content (AvgIpc) is 2.23. The van der Waals surface area contributed by atoms with Crippen molar-refractivity contribution in [2.75, 3.05) is 5.32 Å². The number of carbonyl (C=O) groups is 1. The predicted molar refractivity (Wildman–Crippen MR) is 70.7 cm³/mol. The Morgan fingerprint density at radius 3 is 2.94 bits per heavy atom. The fraction of sp³-hybridized carbons (Fsp3) is 0.364. The third-order valence-corrected chi connectivity index (χ3v) is 2.95. The molecule has 1 atom stereocenters. The van der Waals surface area contributed by atoms with Crippen molar-refractivity contribution in [1.82, 2.24) is 0 Å². The lowest BCUT2D eigenvalue weighted by Crippen LogP contribution is -2.35. The number of rotatable bonds is 4. The quantitative estimate of drug-likeness (QED) is 0.897. The fourth-order valence-corrected chi connectivity index (χ4v) is 1.79. The standard InChI is InChI=1S/C11H14BrClN2O/c1-2-3-9(14)11(16)15-10-6-7(12)4-5-8(10)13/h4-6,9H,2-3,14H2,1H3,(H,15,16)/t9-/m0/s1. The average molecular weight is 306 g/mol. The highest BCUT2D eigenvalue weighted by Crippen LogP contribution is 2.25. The first-order chi connectivity index (χ1) is 7.54. The summed E-state index contributed by atoms with van der Waals surface area (Å²) in [6.07, 6.45) is 1.54. The SMILES string of the molecule is CCC[C@H](N)C(=O)Nc1cc(Br)ccc1Cl. The van der Waals surface area contributed by atoms with E-state index in [1.54, 1.807) is 12.1 Å². The van der Waals surface area contributed by atoms with Crippen LogP contribution in [-0.4, -0.2) is 11.9 Å². The van der Waals surface area contributed by atoms with Crippen LogP contribution < -0.4 is 11.1 Å². The number of halogens is 2. The van der Waals surface area contributed by atoms with Gasteiger partial charge >= 0.3 is 0 Å². The van der Waals surface area contributed by atoms with Crippen molar-refractivity contribution in [2.45, 2.75) is 25.8 Å². The summed E-state index contributed by atoms with van der Waals surface area (Å²) in [5, 5.41) is 3.21. The zero-order chi connectivity index (χ0) is 12.1. The first kappa shape index (κ1) is 13.5. The van der Waals surface area contributed by atoms with Crippen LogP contribution in [0.2, 0.25) is 5.02 Å². The van der Waals surface area contributed by atoms with Gasteiger partial charge in [-0.15, -0.1) is 0 Å². The number of hydrogen-bond donors (Lipinski definition) is 2. The molecule has 3 N–H and O–H groups in total. The third kappa shape index (κ3) is 3.77. The normalized spacial score (nSPS) is 12.2. The Balaban J connectivity index is 2.72. The first-order valence-electron chi connectivity index (χ1n) is 5.06. The molecule has 0 saturated carbocycles. The van der Waals surface area contributed by atoms with Gasteiger partial charge in [-0.05, 0) is 24.6 Å². The van der Waals surface area contributed by atoms with Crippen molar-refractivity contribution in [3.05, 3.63) is 27.7 Å². The monoisotopic (exact) mass is 304 g/mol. The molecule has 0 spiro atoms. The van der Waals surface area contributed by atoms with Crippen LogP contribution in [0.25, 0.3) is 0 Å². The van der Waals surface area contributed by atoms with E-state index in [9.17, 15) is 4.79 Å². The van der Waals surface area contributed by atoms with E-state index in [-0.39, 0.29) is 5.91 Å². The largest absolute Gasteiger partial charge is 0.323 e. The maximum atomic E-state index is 11.7. The molecule has 0 saturated heterocycles. The van der Waals surface area contributed by atoms with Gasteiger partial charge in [0.15, 0.2) is 0 Å². The summed E-state index contributed by atoms with van der Waals surface area (Å²) in [7, 11) is 0. The van der Waals surface area contributed by atoms with Gasteiger partial charge in [0.05, 0.1) is 16.8 Å². The molecule has 0 bridgehead atoms. The highest BCUT2D eigenvalue weighted by atomic mass is 79.9. The Kier molecular flexibility index (Phi) is 5.25. The summed E-state index contributed by atoms with van der Waals surface area (Å²) < 4.78 is 0.858. The maximum Gasteiger partial charge on any atom is 0.241 e. The van der Waals surface area contributed by atoms with Crippen molar-refractivity contribution in [3.63, 3.8) is 0 Å². The van der Waals surface area contributed by atoms with Crippen LogP contribution in [0, 0.1) is 0 Å². The number of nitrogens with one attached hydrogen (secondary N) is 1. The second-order valence-corrected chi connectivity index (χ2v) is 4.83. The Morgan fingerprint density at radius 2 is 2.31 bits per heavy atom. The number of nitrogens with two attached hydrogens (primary N) is 1. The van der Waals surface area contributed by atoms with Gasteiger partial charge in [0.25, 0.3) is 0 Å². The lowest BCUT2D eigenvalue weighted by atomic mass is 10.1. The zero-order valence-electron chi connectivity index (χ0n) is 8.97. The molecule has 1 amide bonds. The Morgan fingerprint density at radius 1 is 1.62 bits per heavy atom. The topological polar surface area (TPSA) is 55.1 Å². The molecule has 0 heterocycles. The molecule has 0 aliphatic heterocycles. The van der Waals surface area contributed by atoms with Gasteiger partial charge in [0.1, 0.15) is 0 Å². The molecule has 16 heavy (non-hydrogen) atoms. The van der Waals surface area contributed by atoms with Crippen molar-refractivity contribution in [2.24, 2.45) is 5.73 Å². The molecule has 0 aliphatic carbocycles. The number of hydrogen-bond acceptors (Lipinski definition) is 2. The molecule has 88 valence electrons. The minimum atomic E-state index is -0.486. The minimum Gasteiger partial charge on any atom is -0.323 e. The van der Waals surface area contributed by atoms with E-state index in [4.69, 9.17) is 17.3 Å². The Hall–Kier alpha value is -0.580. The van der Waals surface area contributed by atoms with Gasteiger partial charge in [0, 0.05) is 4.47 Å². The summed E-state index contributed by atoms with van der Waals surface area (Å²) in [4.78, 5) is 11.7. The van der Waals surface area contributed by atoms with E-state index in [0.29, 0.717) is 17.1 Å². The van der Waals surface area contributed by atoms with Gasteiger partial charge in [-0.1, -0.05) is 40.9 Å². The number of carbonyl (C=O) groups excluding carboxylic acids is 1. The predicted octanol–water partition coefficient (Wildman–Crippen LogP) is 3.17. The first-order valence-corrected chi connectivity index (χ1v) is 6.23. The molecular formula is C11H14BrClN2O. The summed E-state index contributed by atoms with van der Waals surface area (Å²) >= 11 is 9.26. The van der Waals surface area contributed by atoms with Crippen LogP contribution in [0.15, 0.2) is 22.7 Å². The van der Waals surface area contributed by atoms with Gasteiger partial charge in [-0.25, -0.2) is 0 Å². The van der Waals surface area contributed by atoms with Crippen LogP contribution in [0.1, 0.15) is 19.8 Å². The second-order valence-electron chi connectivity index (χ2n) is 3.51. The molecule has 0 aromatic heterocycles. The molecule has 1 rings (SSSR count). The van der Waals surface area contributed by atoms with Crippen LogP contribution in [0.5, 0.6) is 0 Å². The van der Waals surface area contributed by atoms with Crippen molar-refractivity contribution >= 4 is 39.1 Å². The number of anilines is 1. The van der Waals surface area contributed by atoms with E-state index in [2.05, 4.69) is 21.2 Å². The molecule has 0 aliphatic rings. The summed E-state index contributed by atoms with van der Waals surface area (Å²) in [5.74, 6) is -0.207. The molecule has 0 fully saturated rings. The van der Waals surface area contributed by atoms with Crippen LogP contribution in [0.4, 0.5) is 5.69 Å². The van der Waals surface area contributed by atoms with E-state index >= 15 is 0 Å². The van der Waals surface area contributed by atoms with Crippen LogP contribution in [0.3, 0.4) is 0 Å². The maximum absolute atomic E-state index is 11.7. The number of benzene rings is 1. The second kappa shape index (κ2) is 6.23. The summed E-state index contributed by atoms with van der Waals surface area (Å²) in [6, 6.07) is 4.79. The highest BCUT2D eigenvalue weighted by Gasteiger charge is 2.13. The Bertz CT molecular complexity index is 384.